The third kappa shape index (κ3) is 5.23. The highest BCUT2D eigenvalue weighted by Gasteiger charge is 2.37. The molecule has 2 atom stereocenters. The van der Waals surface area contributed by atoms with Crippen molar-refractivity contribution in [2.75, 3.05) is 0 Å². The summed E-state index contributed by atoms with van der Waals surface area (Å²) in [5, 5.41) is 9.86. The molecule has 2 unspecified atom stereocenters. The van der Waals surface area contributed by atoms with Gasteiger partial charge in [0.25, 0.3) is 0 Å². The number of primary amides is 1. The first-order chi connectivity index (χ1) is 18.1. The lowest BCUT2D eigenvalue weighted by atomic mass is 9.75. The average Bonchev–Trinajstić information content (AvgIpc) is 3.26. The Morgan fingerprint density at radius 2 is 1.62 bits per heavy atom. The van der Waals surface area contributed by atoms with Crippen molar-refractivity contribution in [3.8, 4) is 0 Å². The minimum absolute atomic E-state index is 0.0154. The van der Waals surface area contributed by atoms with Crippen molar-refractivity contribution in [2.24, 2.45) is 5.73 Å². The minimum Gasteiger partial charge on any atom is -0.478 e. The van der Waals surface area contributed by atoms with Gasteiger partial charge in [0, 0.05) is 17.5 Å². The summed E-state index contributed by atoms with van der Waals surface area (Å²) in [5.74, 6) is -5.42. The number of amides is 1. The highest BCUT2D eigenvalue weighted by molar-refractivity contribution is 6.31. The molecule has 1 aromatic heterocycles. The Morgan fingerprint density at radius 3 is 2.15 bits per heavy atom. The fourth-order valence-corrected chi connectivity index (χ4v) is 5.38. The zero-order valence-corrected chi connectivity index (χ0v) is 21.9. The van der Waals surface area contributed by atoms with E-state index < -0.39 is 46.7 Å². The second kappa shape index (κ2) is 10.0. The number of H-pyrrole nitrogens is 1. The molecular formula is C29H25ClF4N2O3. The number of alkyl halides is 3. The summed E-state index contributed by atoms with van der Waals surface area (Å²) in [6, 6.07) is 11.5. The average molecular weight is 561 g/mol. The lowest BCUT2D eigenvalue weighted by Crippen LogP contribution is -2.28. The maximum atomic E-state index is 16.1. The van der Waals surface area contributed by atoms with E-state index in [-0.39, 0.29) is 27.2 Å². The summed E-state index contributed by atoms with van der Waals surface area (Å²) in [7, 11) is 0. The van der Waals surface area contributed by atoms with E-state index >= 15 is 4.39 Å². The van der Waals surface area contributed by atoms with Crippen molar-refractivity contribution >= 4 is 34.4 Å². The summed E-state index contributed by atoms with van der Waals surface area (Å²) >= 11 is 6.47. The molecule has 0 fully saturated rings. The van der Waals surface area contributed by atoms with Crippen LogP contribution >= 0.6 is 11.6 Å². The van der Waals surface area contributed by atoms with E-state index in [1.807, 2.05) is 20.8 Å². The van der Waals surface area contributed by atoms with Gasteiger partial charge < -0.3 is 15.8 Å². The molecule has 0 saturated heterocycles. The summed E-state index contributed by atoms with van der Waals surface area (Å²) in [4.78, 5) is 27.7. The van der Waals surface area contributed by atoms with Gasteiger partial charge in [0.2, 0.25) is 5.91 Å². The van der Waals surface area contributed by atoms with Gasteiger partial charge in [-0.3, -0.25) is 4.79 Å². The molecule has 5 nitrogen and oxygen atoms in total. The molecule has 0 saturated carbocycles. The van der Waals surface area contributed by atoms with Gasteiger partial charge in [0.1, 0.15) is 5.82 Å². The minimum atomic E-state index is -4.60. The molecule has 0 spiro atoms. The van der Waals surface area contributed by atoms with Crippen LogP contribution in [0.1, 0.15) is 70.8 Å². The Morgan fingerprint density at radius 1 is 0.974 bits per heavy atom. The third-order valence-electron chi connectivity index (χ3n) is 6.81. The zero-order valence-electron chi connectivity index (χ0n) is 21.2. The largest absolute Gasteiger partial charge is 0.478 e. The number of carbonyl (C=O) groups is 2. The Balaban J connectivity index is 2.02. The van der Waals surface area contributed by atoms with Crippen molar-refractivity contribution in [1.82, 2.24) is 4.98 Å². The Bertz CT molecular complexity index is 1570. The number of nitrogens with two attached hydrogens (primary N) is 1. The Kier molecular flexibility index (Phi) is 7.25. The number of aromatic amines is 1. The molecule has 204 valence electrons. The van der Waals surface area contributed by atoms with Crippen LogP contribution < -0.4 is 5.73 Å². The summed E-state index contributed by atoms with van der Waals surface area (Å²) in [6.07, 6.45) is -3.15. The number of carboxylic acid groups (broad SMARTS) is 1. The molecule has 4 aromatic rings. The van der Waals surface area contributed by atoms with Crippen LogP contribution in [0.2, 0.25) is 5.02 Å². The summed E-state index contributed by atoms with van der Waals surface area (Å²) in [5.41, 5.74) is 5.52. The molecule has 0 radical (unpaired) electrons. The molecule has 1 amide bonds. The maximum absolute atomic E-state index is 16.1. The van der Waals surface area contributed by atoms with Gasteiger partial charge in [-0.15, -0.1) is 0 Å². The van der Waals surface area contributed by atoms with Crippen molar-refractivity contribution in [2.45, 2.75) is 44.2 Å². The molecule has 0 aliphatic carbocycles. The Labute approximate surface area is 226 Å². The smallest absolute Gasteiger partial charge is 0.416 e. The number of halogens is 5. The predicted molar refractivity (Wildman–Crippen MR) is 141 cm³/mol. The van der Waals surface area contributed by atoms with Crippen LogP contribution in [0.4, 0.5) is 17.6 Å². The van der Waals surface area contributed by atoms with Gasteiger partial charge in [-0.2, -0.15) is 13.2 Å². The van der Waals surface area contributed by atoms with Crippen LogP contribution in [-0.4, -0.2) is 22.0 Å². The van der Waals surface area contributed by atoms with Crippen LogP contribution in [0.3, 0.4) is 0 Å². The number of carboxylic acids is 1. The third-order valence-corrected chi connectivity index (χ3v) is 7.17. The monoisotopic (exact) mass is 560 g/mol. The van der Waals surface area contributed by atoms with Crippen molar-refractivity contribution in [3.05, 3.63) is 105 Å². The van der Waals surface area contributed by atoms with Crippen molar-refractivity contribution in [1.29, 1.82) is 0 Å². The summed E-state index contributed by atoms with van der Waals surface area (Å²) in [6.45, 7) is 5.56. The van der Waals surface area contributed by atoms with E-state index in [2.05, 4.69) is 4.98 Å². The first-order valence-electron chi connectivity index (χ1n) is 11.9. The second-order valence-corrected chi connectivity index (χ2v) is 10.7. The molecule has 4 rings (SSSR count). The number of aromatic nitrogens is 1. The van der Waals surface area contributed by atoms with Gasteiger partial charge >= 0.3 is 12.1 Å². The number of benzene rings is 3. The van der Waals surface area contributed by atoms with E-state index in [1.54, 1.807) is 12.1 Å². The number of carbonyl (C=O) groups excluding carboxylic acids is 1. The normalized spacial score (nSPS) is 13.8. The van der Waals surface area contributed by atoms with Gasteiger partial charge in [0.15, 0.2) is 0 Å². The van der Waals surface area contributed by atoms with Crippen LogP contribution in [0, 0.1) is 5.82 Å². The molecular weight excluding hydrogens is 536 g/mol. The topological polar surface area (TPSA) is 96.2 Å². The van der Waals surface area contributed by atoms with Crippen LogP contribution in [0.15, 0.2) is 60.8 Å². The van der Waals surface area contributed by atoms with E-state index in [0.29, 0.717) is 16.5 Å². The highest BCUT2D eigenvalue weighted by Crippen LogP contribution is 2.45. The van der Waals surface area contributed by atoms with E-state index in [1.165, 1.54) is 24.4 Å². The van der Waals surface area contributed by atoms with Crippen LogP contribution in [-0.2, 0) is 16.4 Å². The Hall–Kier alpha value is -3.85. The van der Waals surface area contributed by atoms with Crippen molar-refractivity contribution < 1.29 is 32.3 Å². The molecule has 0 bridgehead atoms. The summed E-state index contributed by atoms with van der Waals surface area (Å²) < 4.78 is 55.7. The highest BCUT2D eigenvalue weighted by atomic mass is 35.5. The fraction of sp³-hybridized carbons (Fsp3) is 0.241. The SMILES string of the molecule is CC(C)(C)c1ccc(C(c2c[nH]c3c(C(=O)O)cccc23)C(C(N)=O)c2ccc(C(F)(F)F)cc2)c(F)c1Cl. The van der Waals surface area contributed by atoms with Gasteiger partial charge in [0.05, 0.1) is 27.6 Å². The lowest BCUT2D eigenvalue weighted by Gasteiger charge is -2.28. The number of hydrogen-bond donors (Lipinski definition) is 3. The van der Waals surface area contributed by atoms with Gasteiger partial charge in [-0.05, 0) is 45.9 Å². The van der Waals surface area contributed by atoms with E-state index in [9.17, 15) is 27.9 Å². The van der Waals surface area contributed by atoms with Gasteiger partial charge in [-0.1, -0.05) is 68.8 Å². The number of fused-ring (bicyclic) bond motifs is 1. The van der Waals surface area contributed by atoms with E-state index in [0.717, 1.165) is 24.3 Å². The fourth-order valence-electron chi connectivity index (χ4n) is 4.92. The molecule has 39 heavy (non-hydrogen) atoms. The second-order valence-electron chi connectivity index (χ2n) is 10.3. The number of hydrogen-bond acceptors (Lipinski definition) is 2. The molecule has 3 aromatic carbocycles. The molecule has 0 aliphatic heterocycles. The lowest BCUT2D eigenvalue weighted by molar-refractivity contribution is -0.137. The molecule has 1 heterocycles. The maximum Gasteiger partial charge on any atom is 0.416 e. The van der Waals surface area contributed by atoms with Gasteiger partial charge in [-0.25, -0.2) is 9.18 Å². The molecule has 4 N–H and O–H groups in total. The number of nitrogens with one attached hydrogen (secondary N) is 1. The first-order valence-corrected chi connectivity index (χ1v) is 12.3. The number of para-hydroxylation sites is 1. The standard InChI is InChI=1S/C29H25ClF4N2O3/c1-28(2,3)20-12-11-17(24(31)23(20)30)22(19-13-36-25-16(19)5-4-6-18(25)27(38)39)21(26(35)37)14-7-9-15(10-8-14)29(32,33)34/h4-13,21-22,36H,1-3H3,(H2,35,37)(H,38,39). The first kappa shape index (κ1) is 28.2. The van der Waals surface area contributed by atoms with E-state index in [4.69, 9.17) is 17.3 Å². The molecule has 0 aliphatic rings. The quantitative estimate of drug-likeness (QED) is 0.215. The number of aromatic carboxylic acids is 1. The van der Waals surface area contributed by atoms with Crippen molar-refractivity contribution in [3.63, 3.8) is 0 Å². The van der Waals surface area contributed by atoms with Crippen LogP contribution in [0.25, 0.3) is 10.9 Å². The predicted octanol–water partition coefficient (Wildman–Crippen LogP) is 7.38. The zero-order chi connectivity index (χ0) is 28.9. The number of rotatable bonds is 6. The molecule has 10 heteroatoms. The van der Waals surface area contributed by atoms with Crippen LogP contribution in [0.5, 0.6) is 0 Å².